The Balaban J connectivity index is 1.15. The summed E-state index contributed by atoms with van der Waals surface area (Å²) in [6.07, 6.45) is 0. The first-order valence-electron chi connectivity index (χ1n) is 22.6. The van der Waals surface area contributed by atoms with E-state index in [1.165, 1.54) is 48.7 Å². The van der Waals surface area contributed by atoms with Gasteiger partial charge in [0, 0.05) is 55.4 Å². The molecule has 2 heterocycles. The number of nitrogens with zero attached hydrogens (tertiary/aromatic N) is 4. The number of hydrogen-bond donors (Lipinski definition) is 0. The van der Waals surface area contributed by atoms with Crippen LogP contribution in [0.1, 0.15) is 0 Å². The summed E-state index contributed by atoms with van der Waals surface area (Å²) < 4.78 is 4.81. The molecule has 0 saturated heterocycles. The Labute approximate surface area is 382 Å². The minimum absolute atomic E-state index is 1.06. The molecule has 0 atom stereocenters. The van der Waals surface area contributed by atoms with Gasteiger partial charge in [0.05, 0.1) is 39.1 Å². The smallest absolute Gasteiger partial charge is 0.0567 e. The molecule has 11 aromatic carbocycles. The maximum Gasteiger partial charge on any atom is 0.0567 e. The first kappa shape index (κ1) is 37.7. The van der Waals surface area contributed by atoms with Crippen molar-refractivity contribution in [1.29, 1.82) is 0 Å². The minimum Gasteiger partial charge on any atom is -0.310 e. The summed E-state index contributed by atoms with van der Waals surface area (Å²) in [7, 11) is 0. The summed E-state index contributed by atoms with van der Waals surface area (Å²) in [6.45, 7) is 0. The summed E-state index contributed by atoms with van der Waals surface area (Å²) in [5.41, 5.74) is 13.4. The third kappa shape index (κ3) is 5.93. The highest BCUT2D eigenvalue weighted by atomic mass is 15.2. The van der Waals surface area contributed by atoms with Crippen molar-refractivity contribution in [3.8, 4) is 11.4 Å². The quantitative estimate of drug-likeness (QED) is 0.142. The highest BCUT2D eigenvalue weighted by Gasteiger charge is 2.26. The Hall–Kier alpha value is -8.86. The standard InChI is InChI=1S/C62H42N4/c1-5-22-45(23-6-1)63(55-35-19-36-56-61(55)51-31-15-17-33-53(51)64(56)46-24-7-2-8-25-46)49-41-44-40-39-43-21-13-14-30-50(43)60(44)59(42-49)66(48-28-11-4-12-29-48)58-38-20-37-57-62(58)52-32-16-18-34-54(52)65(57)47-26-9-3-10-27-47/h1-42H. The van der Waals surface area contributed by atoms with Crippen LogP contribution in [0.4, 0.5) is 34.1 Å². The Morgan fingerprint density at radius 1 is 0.242 bits per heavy atom. The predicted octanol–water partition coefficient (Wildman–Crippen LogP) is 17.1. The van der Waals surface area contributed by atoms with E-state index in [0.29, 0.717) is 0 Å². The van der Waals surface area contributed by atoms with Gasteiger partial charge in [0.15, 0.2) is 0 Å². The van der Waals surface area contributed by atoms with E-state index in [1.54, 1.807) is 0 Å². The number of anilines is 6. The van der Waals surface area contributed by atoms with Gasteiger partial charge < -0.3 is 18.9 Å². The molecule has 0 spiro atoms. The third-order valence-corrected chi connectivity index (χ3v) is 13.2. The lowest BCUT2D eigenvalue weighted by molar-refractivity contribution is 1.18. The molecule has 4 nitrogen and oxygen atoms in total. The lowest BCUT2D eigenvalue weighted by Gasteiger charge is -2.32. The Morgan fingerprint density at radius 2 is 0.667 bits per heavy atom. The van der Waals surface area contributed by atoms with Crippen molar-refractivity contribution in [2.45, 2.75) is 0 Å². The van der Waals surface area contributed by atoms with E-state index in [0.717, 1.165) is 61.9 Å². The maximum atomic E-state index is 2.51. The zero-order valence-electron chi connectivity index (χ0n) is 36.0. The van der Waals surface area contributed by atoms with E-state index in [2.05, 4.69) is 274 Å². The number of rotatable bonds is 8. The average molecular weight is 843 g/mol. The third-order valence-electron chi connectivity index (χ3n) is 13.2. The molecule has 0 radical (unpaired) electrons. The van der Waals surface area contributed by atoms with Crippen molar-refractivity contribution in [3.05, 3.63) is 255 Å². The van der Waals surface area contributed by atoms with Crippen LogP contribution in [0.2, 0.25) is 0 Å². The van der Waals surface area contributed by atoms with E-state index in [1.807, 2.05) is 0 Å². The van der Waals surface area contributed by atoms with Gasteiger partial charge in [-0.05, 0) is 113 Å². The Morgan fingerprint density at radius 3 is 1.23 bits per heavy atom. The average Bonchev–Trinajstić information content (AvgIpc) is 3.91. The van der Waals surface area contributed by atoms with E-state index < -0.39 is 0 Å². The van der Waals surface area contributed by atoms with Crippen LogP contribution in [0.25, 0.3) is 76.5 Å². The molecule has 0 saturated carbocycles. The fourth-order valence-electron chi connectivity index (χ4n) is 10.5. The van der Waals surface area contributed by atoms with Gasteiger partial charge in [-0.15, -0.1) is 0 Å². The van der Waals surface area contributed by atoms with Gasteiger partial charge >= 0.3 is 0 Å². The molecule has 2 aromatic heterocycles. The first-order valence-corrected chi connectivity index (χ1v) is 22.6. The second kappa shape index (κ2) is 15.4. The molecule has 66 heavy (non-hydrogen) atoms. The number of hydrogen-bond acceptors (Lipinski definition) is 2. The normalized spacial score (nSPS) is 11.6. The Kier molecular flexibility index (Phi) is 8.81. The number of aromatic nitrogens is 2. The minimum atomic E-state index is 1.06. The molecule has 4 heteroatoms. The van der Waals surface area contributed by atoms with Gasteiger partial charge in [0.2, 0.25) is 0 Å². The van der Waals surface area contributed by atoms with E-state index >= 15 is 0 Å². The molecule has 0 fully saturated rings. The first-order chi connectivity index (χ1) is 32.8. The number of para-hydroxylation sites is 6. The monoisotopic (exact) mass is 842 g/mol. The zero-order valence-corrected chi connectivity index (χ0v) is 36.0. The van der Waals surface area contributed by atoms with Crippen LogP contribution in [0.5, 0.6) is 0 Å². The van der Waals surface area contributed by atoms with Crippen LogP contribution in [0.3, 0.4) is 0 Å². The summed E-state index contributed by atoms with van der Waals surface area (Å²) in [5, 5.41) is 9.53. The second-order valence-electron chi connectivity index (χ2n) is 16.9. The van der Waals surface area contributed by atoms with Gasteiger partial charge in [-0.25, -0.2) is 0 Å². The zero-order chi connectivity index (χ0) is 43.6. The fourth-order valence-corrected chi connectivity index (χ4v) is 10.5. The van der Waals surface area contributed by atoms with E-state index in [9.17, 15) is 0 Å². The van der Waals surface area contributed by atoms with Gasteiger partial charge in [-0.2, -0.15) is 0 Å². The molecule has 13 rings (SSSR count). The van der Waals surface area contributed by atoms with Crippen molar-refractivity contribution in [2.75, 3.05) is 9.80 Å². The highest BCUT2D eigenvalue weighted by Crippen LogP contribution is 2.51. The second-order valence-corrected chi connectivity index (χ2v) is 16.9. The van der Waals surface area contributed by atoms with Crippen molar-refractivity contribution in [3.63, 3.8) is 0 Å². The molecule has 13 aromatic rings. The Bertz CT molecular complexity index is 3930. The molecule has 310 valence electrons. The predicted molar refractivity (Wildman–Crippen MR) is 279 cm³/mol. The van der Waals surface area contributed by atoms with Crippen molar-refractivity contribution in [1.82, 2.24) is 9.13 Å². The summed E-state index contributed by atoms with van der Waals surface area (Å²) in [4.78, 5) is 4.97. The van der Waals surface area contributed by atoms with E-state index in [4.69, 9.17) is 0 Å². The van der Waals surface area contributed by atoms with Gasteiger partial charge in [0.25, 0.3) is 0 Å². The molecule has 0 amide bonds. The lowest BCUT2D eigenvalue weighted by atomic mass is 9.97. The number of fused-ring (bicyclic) bond motifs is 9. The maximum absolute atomic E-state index is 2.51. The highest BCUT2D eigenvalue weighted by molar-refractivity contribution is 6.22. The largest absolute Gasteiger partial charge is 0.310 e. The van der Waals surface area contributed by atoms with Crippen LogP contribution in [0, 0.1) is 0 Å². The van der Waals surface area contributed by atoms with Gasteiger partial charge in [-0.3, -0.25) is 0 Å². The summed E-state index contributed by atoms with van der Waals surface area (Å²) >= 11 is 0. The molecule has 0 unspecified atom stereocenters. The molecule has 0 aliphatic rings. The topological polar surface area (TPSA) is 16.3 Å². The molecular weight excluding hydrogens is 801 g/mol. The molecular formula is C62H42N4. The van der Waals surface area contributed by atoms with Crippen molar-refractivity contribution in [2.24, 2.45) is 0 Å². The SMILES string of the molecule is c1ccc(N(c2cc(N(c3ccccc3)c3cccc4c3c3ccccc3n4-c3ccccc3)c3c(ccc4ccccc43)c2)c2cccc3c2c2ccccc2n3-c2ccccc2)cc1. The fraction of sp³-hybridized carbons (Fsp3) is 0. The van der Waals surface area contributed by atoms with E-state index in [-0.39, 0.29) is 0 Å². The van der Waals surface area contributed by atoms with Gasteiger partial charge in [0.1, 0.15) is 0 Å². The van der Waals surface area contributed by atoms with Crippen molar-refractivity contribution < 1.29 is 0 Å². The molecule has 0 bridgehead atoms. The van der Waals surface area contributed by atoms with Crippen LogP contribution < -0.4 is 9.80 Å². The number of benzene rings is 11. The van der Waals surface area contributed by atoms with Crippen LogP contribution in [-0.4, -0.2) is 9.13 Å². The van der Waals surface area contributed by atoms with Crippen LogP contribution in [0.15, 0.2) is 255 Å². The summed E-state index contributed by atoms with van der Waals surface area (Å²) in [6, 6.07) is 92.6. The van der Waals surface area contributed by atoms with Gasteiger partial charge in [-0.1, -0.05) is 158 Å². The molecule has 0 N–H and O–H groups in total. The molecule has 0 aliphatic carbocycles. The summed E-state index contributed by atoms with van der Waals surface area (Å²) in [5.74, 6) is 0. The van der Waals surface area contributed by atoms with Crippen LogP contribution in [-0.2, 0) is 0 Å². The lowest BCUT2D eigenvalue weighted by Crippen LogP contribution is -2.14. The van der Waals surface area contributed by atoms with Crippen molar-refractivity contribution >= 4 is 99.3 Å². The van der Waals surface area contributed by atoms with Crippen LogP contribution >= 0.6 is 0 Å². The molecule has 0 aliphatic heterocycles.